The van der Waals surface area contributed by atoms with Gasteiger partial charge < -0.3 is 5.73 Å². The molecule has 1 aromatic heterocycles. The van der Waals surface area contributed by atoms with E-state index in [1.807, 2.05) is 0 Å². The summed E-state index contributed by atoms with van der Waals surface area (Å²) in [7, 11) is 0. The first-order chi connectivity index (χ1) is 5.54. The van der Waals surface area contributed by atoms with Crippen molar-refractivity contribution in [1.29, 1.82) is 0 Å². The van der Waals surface area contributed by atoms with Crippen LogP contribution in [0.4, 0.5) is 19.0 Å². The number of pyridine rings is 1. The van der Waals surface area contributed by atoms with Crippen molar-refractivity contribution in [2.45, 2.75) is 6.43 Å². The van der Waals surface area contributed by atoms with E-state index in [-0.39, 0.29) is 10.3 Å². The zero-order valence-corrected chi connectivity index (χ0v) is 7.28. The Morgan fingerprint density at radius 1 is 1.50 bits per heavy atom. The van der Waals surface area contributed by atoms with Crippen molar-refractivity contribution in [3.63, 3.8) is 0 Å². The van der Waals surface area contributed by atoms with Crippen LogP contribution in [-0.4, -0.2) is 4.98 Å². The van der Waals surface area contributed by atoms with Gasteiger partial charge in [-0.25, -0.2) is 18.2 Å². The van der Waals surface area contributed by atoms with Gasteiger partial charge >= 0.3 is 0 Å². The SMILES string of the molecule is Nc1ncc(F)c(C(F)F)c1Br. The highest BCUT2D eigenvalue weighted by atomic mass is 79.9. The van der Waals surface area contributed by atoms with Gasteiger partial charge in [0.2, 0.25) is 0 Å². The van der Waals surface area contributed by atoms with Gasteiger partial charge in [0, 0.05) is 0 Å². The van der Waals surface area contributed by atoms with Crippen LogP contribution in [0.2, 0.25) is 0 Å². The summed E-state index contributed by atoms with van der Waals surface area (Å²) < 4.78 is 36.7. The molecule has 1 aromatic rings. The number of hydrogen-bond donors (Lipinski definition) is 1. The molecule has 0 fully saturated rings. The zero-order chi connectivity index (χ0) is 9.30. The number of nitrogen functional groups attached to an aromatic ring is 1. The summed E-state index contributed by atoms with van der Waals surface area (Å²) in [4.78, 5) is 3.34. The van der Waals surface area contributed by atoms with Gasteiger partial charge in [0.15, 0.2) is 5.82 Å². The van der Waals surface area contributed by atoms with Crippen molar-refractivity contribution in [3.05, 3.63) is 22.1 Å². The number of aromatic nitrogens is 1. The van der Waals surface area contributed by atoms with Crippen LogP contribution in [0.15, 0.2) is 10.7 Å². The largest absolute Gasteiger partial charge is 0.383 e. The third kappa shape index (κ3) is 1.52. The number of hydrogen-bond acceptors (Lipinski definition) is 2. The highest BCUT2D eigenvalue weighted by molar-refractivity contribution is 9.10. The van der Waals surface area contributed by atoms with Crippen molar-refractivity contribution in [2.75, 3.05) is 5.73 Å². The number of nitrogens with zero attached hydrogens (tertiary/aromatic N) is 1. The lowest BCUT2D eigenvalue weighted by Crippen LogP contribution is -1.99. The summed E-state index contributed by atoms with van der Waals surface area (Å²) in [5.74, 6) is -1.21. The maximum Gasteiger partial charge on any atom is 0.267 e. The average molecular weight is 241 g/mol. The Bertz CT molecular complexity index is 303. The van der Waals surface area contributed by atoms with Gasteiger partial charge in [-0.1, -0.05) is 0 Å². The normalized spacial score (nSPS) is 10.8. The Balaban J connectivity index is 3.33. The fourth-order valence-electron chi connectivity index (χ4n) is 0.695. The van der Waals surface area contributed by atoms with E-state index >= 15 is 0 Å². The molecular formula is C6H4BrF3N2. The molecule has 12 heavy (non-hydrogen) atoms. The van der Waals surface area contributed by atoms with Crippen LogP contribution >= 0.6 is 15.9 Å². The summed E-state index contributed by atoms with van der Waals surface area (Å²) in [6.07, 6.45) is -2.23. The number of anilines is 1. The number of alkyl halides is 2. The lowest BCUT2D eigenvalue weighted by Gasteiger charge is -2.05. The minimum absolute atomic E-state index is 0.147. The summed E-state index contributed by atoms with van der Waals surface area (Å²) in [6.45, 7) is 0. The van der Waals surface area contributed by atoms with Crippen molar-refractivity contribution in [3.8, 4) is 0 Å². The van der Waals surface area contributed by atoms with E-state index in [1.165, 1.54) is 0 Å². The van der Waals surface area contributed by atoms with Crippen LogP contribution in [0, 0.1) is 5.82 Å². The van der Waals surface area contributed by atoms with Gasteiger partial charge in [-0.2, -0.15) is 0 Å². The van der Waals surface area contributed by atoms with Crippen molar-refractivity contribution in [2.24, 2.45) is 0 Å². The highest BCUT2D eigenvalue weighted by Gasteiger charge is 2.19. The molecule has 0 saturated heterocycles. The maximum atomic E-state index is 12.7. The predicted molar refractivity (Wildman–Crippen MR) is 41.3 cm³/mol. The minimum Gasteiger partial charge on any atom is -0.383 e. The molecule has 0 amide bonds. The Hall–Kier alpha value is -0.780. The summed E-state index contributed by atoms with van der Waals surface area (Å²) >= 11 is 2.72. The molecule has 0 radical (unpaired) electrons. The average Bonchev–Trinajstić information content (AvgIpc) is 1.97. The third-order valence-electron chi connectivity index (χ3n) is 1.25. The Morgan fingerprint density at radius 3 is 2.50 bits per heavy atom. The molecule has 66 valence electrons. The second-order valence-electron chi connectivity index (χ2n) is 2.02. The number of rotatable bonds is 1. The fourth-order valence-corrected chi connectivity index (χ4v) is 1.16. The van der Waals surface area contributed by atoms with E-state index in [9.17, 15) is 13.2 Å². The van der Waals surface area contributed by atoms with Gasteiger partial charge in [0.1, 0.15) is 5.82 Å². The third-order valence-corrected chi connectivity index (χ3v) is 2.09. The first-order valence-electron chi connectivity index (χ1n) is 2.91. The van der Waals surface area contributed by atoms with Crippen molar-refractivity contribution >= 4 is 21.7 Å². The Kier molecular flexibility index (Phi) is 2.56. The second-order valence-corrected chi connectivity index (χ2v) is 2.81. The lowest BCUT2D eigenvalue weighted by molar-refractivity contribution is 0.145. The molecule has 2 N–H and O–H groups in total. The van der Waals surface area contributed by atoms with Crippen LogP contribution in [0.5, 0.6) is 0 Å². The molecule has 0 aliphatic rings. The number of halogens is 4. The molecule has 1 rings (SSSR count). The first-order valence-corrected chi connectivity index (χ1v) is 3.71. The van der Waals surface area contributed by atoms with E-state index in [0.29, 0.717) is 6.20 Å². The van der Waals surface area contributed by atoms with Crippen molar-refractivity contribution in [1.82, 2.24) is 4.98 Å². The molecule has 1 heterocycles. The summed E-state index contributed by atoms with van der Waals surface area (Å²) in [5, 5.41) is 0. The molecule has 6 heteroatoms. The van der Waals surface area contributed by atoms with E-state index in [1.54, 1.807) is 0 Å². The molecule has 0 bridgehead atoms. The molecule has 0 aromatic carbocycles. The quantitative estimate of drug-likeness (QED) is 0.820. The summed E-state index contributed by atoms with van der Waals surface area (Å²) in [6, 6.07) is 0. The molecule has 0 atom stereocenters. The second kappa shape index (κ2) is 3.30. The fraction of sp³-hybridized carbons (Fsp3) is 0.167. The van der Waals surface area contributed by atoms with Crippen molar-refractivity contribution < 1.29 is 13.2 Å². The molecule has 0 aliphatic carbocycles. The topological polar surface area (TPSA) is 38.9 Å². The van der Waals surface area contributed by atoms with Crippen LogP contribution < -0.4 is 5.73 Å². The molecule has 0 unspecified atom stereocenters. The van der Waals surface area contributed by atoms with E-state index in [4.69, 9.17) is 5.73 Å². The van der Waals surface area contributed by atoms with Gasteiger partial charge in [-0.05, 0) is 15.9 Å². The molecule has 0 aliphatic heterocycles. The van der Waals surface area contributed by atoms with E-state index in [2.05, 4.69) is 20.9 Å². The summed E-state index contributed by atoms with van der Waals surface area (Å²) in [5.41, 5.74) is 4.42. The van der Waals surface area contributed by atoms with E-state index in [0.717, 1.165) is 0 Å². The van der Waals surface area contributed by atoms with Gasteiger partial charge in [-0.3, -0.25) is 0 Å². The molecule has 0 saturated carbocycles. The highest BCUT2D eigenvalue weighted by Crippen LogP contribution is 2.32. The smallest absolute Gasteiger partial charge is 0.267 e. The minimum atomic E-state index is -2.90. The standard InChI is InChI=1S/C6H4BrF3N2/c7-4-3(5(9)10)2(8)1-12-6(4)11/h1,5H,(H2,11,12). The van der Waals surface area contributed by atoms with E-state index < -0.39 is 17.8 Å². The van der Waals surface area contributed by atoms with Gasteiger partial charge in [0.05, 0.1) is 16.2 Å². The Labute approximate surface area is 74.7 Å². The van der Waals surface area contributed by atoms with Crippen LogP contribution in [-0.2, 0) is 0 Å². The van der Waals surface area contributed by atoms with Gasteiger partial charge in [-0.15, -0.1) is 0 Å². The zero-order valence-electron chi connectivity index (χ0n) is 5.69. The first kappa shape index (κ1) is 9.31. The molecule has 2 nitrogen and oxygen atoms in total. The molecular weight excluding hydrogens is 237 g/mol. The number of nitrogens with two attached hydrogens (primary N) is 1. The Morgan fingerprint density at radius 2 is 2.08 bits per heavy atom. The molecule has 0 spiro atoms. The monoisotopic (exact) mass is 240 g/mol. The predicted octanol–water partition coefficient (Wildman–Crippen LogP) is 2.50. The lowest BCUT2D eigenvalue weighted by atomic mass is 10.2. The van der Waals surface area contributed by atoms with Gasteiger partial charge in [0.25, 0.3) is 6.43 Å². The van der Waals surface area contributed by atoms with Crippen LogP contribution in [0.3, 0.4) is 0 Å². The maximum absolute atomic E-state index is 12.7. The van der Waals surface area contributed by atoms with Crippen LogP contribution in [0.25, 0.3) is 0 Å². The van der Waals surface area contributed by atoms with Crippen LogP contribution in [0.1, 0.15) is 12.0 Å².